The lowest BCUT2D eigenvalue weighted by Gasteiger charge is -2.17. The van der Waals surface area contributed by atoms with Gasteiger partial charge in [0.25, 0.3) is 0 Å². The van der Waals surface area contributed by atoms with E-state index in [4.69, 9.17) is 9.68 Å². The van der Waals surface area contributed by atoms with Gasteiger partial charge in [0, 0.05) is 19.0 Å². The minimum absolute atomic E-state index is 0.181. The summed E-state index contributed by atoms with van der Waals surface area (Å²) in [5.74, 6) is -1.27. The number of nitriles is 1. The lowest BCUT2D eigenvalue weighted by atomic mass is 10.1. The second-order valence-corrected chi connectivity index (χ2v) is 3.82. The van der Waals surface area contributed by atoms with Crippen molar-refractivity contribution in [2.75, 3.05) is 6.54 Å². The first-order valence-corrected chi connectivity index (χ1v) is 5.15. The van der Waals surface area contributed by atoms with Crippen LogP contribution in [0.1, 0.15) is 12.7 Å². The van der Waals surface area contributed by atoms with Crippen LogP contribution in [0.2, 0.25) is 0 Å². The SMILES string of the molecule is CC(Cc1ccco1)NCC(C#N)C(F)(F)F. The second kappa shape index (κ2) is 5.73. The van der Waals surface area contributed by atoms with Gasteiger partial charge in [-0.1, -0.05) is 0 Å². The first-order chi connectivity index (χ1) is 7.93. The third kappa shape index (κ3) is 4.49. The van der Waals surface area contributed by atoms with Crippen LogP contribution in [0, 0.1) is 17.2 Å². The molecule has 0 fully saturated rings. The number of alkyl halides is 3. The molecule has 2 atom stereocenters. The molecule has 17 heavy (non-hydrogen) atoms. The number of hydrogen-bond donors (Lipinski definition) is 1. The van der Waals surface area contributed by atoms with E-state index in [0.29, 0.717) is 12.2 Å². The van der Waals surface area contributed by atoms with E-state index < -0.39 is 18.6 Å². The Kier molecular flexibility index (Phi) is 4.58. The number of halogens is 3. The number of hydrogen-bond acceptors (Lipinski definition) is 3. The van der Waals surface area contributed by atoms with Crippen LogP contribution < -0.4 is 5.32 Å². The maximum Gasteiger partial charge on any atom is 0.405 e. The Bertz CT molecular complexity index is 367. The highest BCUT2D eigenvalue weighted by molar-refractivity contribution is 5.00. The first kappa shape index (κ1) is 13.6. The molecule has 1 aromatic heterocycles. The van der Waals surface area contributed by atoms with Gasteiger partial charge in [0.05, 0.1) is 12.3 Å². The van der Waals surface area contributed by atoms with Crippen LogP contribution in [0.5, 0.6) is 0 Å². The van der Waals surface area contributed by atoms with Crippen molar-refractivity contribution in [2.45, 2.75) is 25.6 Å². The average Bonchev–Trinajstić information content (AvgIpc) is 2.69. The summed E-state index contributed by atoms with van der Waals surface area (Å²) in [6.07, 6.45) is -2.48. The summed E-state index contributed by atoms with van der Waals surface area (Å²) in [6, 6.07) is 4.54. The summed E-state index contributed by atoms with van der Waals surface area (Å²) >= 11 is 0. The molecule has 0 radical (unpaired) electrons. The van der Waals surface area contributed by atoms with Crippen LogP contribution in [-0.2, 0) is 6.42 Å². The molecule has 0 aromatic carbocycles. The van der Waals surface area contributed by atoms with Gasteiger partial charge in [0.1, 0.15) is 5.76 Å². The monoisotopic (exact) mass is 246 g/mol. The van der Waals surface area contributed by atoms with Crippen molar-refractivity contribution in [3.63, 3.8) is 0 Å². The zero-order chi connectivity index (χ0) is 12.9. The molecular weight excluding hydrogens is 233 g/mol. The highest BCUT2D eigenvalue weighted by atomic mass is 19.4. The van der Waals surface area contributed by atoms with Crippen LogP contribution in [0.3, 0.4) is 0 Å². The van der Waals surface area contributed by atoms with Crippen molar-refractivity contribution in [3.8, 4) is 6.07 Å². The Hall–Kier alpha value is -1.48. The predicted molar refractivity (Wildman–Crippen MR) is 55.0 cm³/mol. The van der Waals surface area contributed by atoms with Gasteiger partial charge in [0.15, 0.2) is 5.92 Å². The highest BCUT2D eigenvalue weighted by Crippen LogP contribution is 2.25. The van der Waals surface area contributed by atoms with Crippen molar-refractivity contribution in [1.29, 1.82) is 5.26 Å². The lowest BCUT2D eigenvalue weighted by Crippen LogP contribution is -2.37. The zero-order valence-electron chi connectivity index (χ0n) is 9.29. The van der Waals surface area contributed by atoms with Crippen LogP contribution in [0.15, 0.2) is 22.8 Å². The van der Waals surface area contributed by atoms with E-state index in [1.807, 2.05) is 0 Å². The number of rotatable bonds is 5. The van der Waals surface area contributed by atoms with Crippen LogP contribution in [-0.4, -0.2) is 18.8 Å². The second-order valence-electron chi connectivity index (χ2n) is 3.82. The quantitative estimate of drug-likeness (QED) is 0.868. The molecule has 0 aliphatic heterocycles. The van der Waals surface area contributed by atoms with Gasteiger partial charge in [-0.15, -0.1) is 0 Å². The van der Waals surface area contributed by atoms with E-state index in [1.165, 1.54) is 12.3 Å². The van der Waals surface area contributed by atoms with Crippen LogP contribution in [0.4, 0.5) is 13.2 Å². The largest absolute Gasteiger partial charge is 0.469 e. The molecule has 1 heterocycles. The molecule has 0 amide bonds. The normalized spacial score (nSPS) is 15.2. The van der Waals surface area contributed by atoms with E-state index in [9.17, 15) is 13.2 Å². The summed E-state index contributed by atoms with van der Waals surface area (Å²) in [5, 5.41) is 11.1. The van der Waals surface area contributed by atoms with Gasteiger partial charge in [-0.05, 0) is 19.1 Å². The fourth-order valence-corrected chi connectivity index (χ4v) is 1.36. The predicted octanol–water partition coefficient (Wildman–Crippen LogP) is 2.50. The fraction of sp³-hybridized carbons (Fsp3) is 0.545. The van der Waals surface area contributed by atoms with Gasteiger partial charge >= 0.3 is 6.18 Å². The maximum absolute atomic E-state index is 12.3. The minimum atomic E-state index is -4.48. The minimum Gasteiger partial charge on any atom is -0.469 e. The molecule has 0 saturated heterocycles. The summed E-state index contributed by atoms with van der Waals surface area (Å²) in [4.78, 5) is 0. The summed E-state index contributed by atoms with van der Waals surface area (Å²) in [7, 11) is 0. The highest BCUT2D eigenvalue weighted by Gasteiger charge is 2.39. The van der Waals surface area contributed by atoms with Crippen LogP contribution >= 0.6 is 0 Å². The van der Waals surface area contributed by atoms with Gasteiger partial charge in [-0.2, -0.15) is 18.4 Å². The standard InChI is InChI=1S/C11H13F3N2O/c1-8(5-10-3-2-4-17-10)16-7-9(6-15)11(12,13)14/h2-4,8-9,16H,5,7H2,1H3. The maximum atomic E-state index is 12.3. The molecule has 0 aliphatic carbocycles. The molecule has 3 nitrogen and oxygen atoms in total. The third-order valence-corrected chi connectivity index (χ3v) is 2.31. The molecule has 0 saturated carbocycles. The van der Waals surface area contributed by atoms with Crippen LogP contribution in [0.25, 0.3) is 0 Å². The number of nitrogens with one attached hydrogen (secondary N) is 1. The first-order valence-electron chi connectivity index (χ1n) is 5.15. The molecular formula is C11H13F3N2O. The fourth-order valence-electron chi connectivity index (χ4n) is 1.36. The molecule has 0 bridgehead atoms. The van der Waals surface area contributed by atoms with Gasteiger partial charge < -0.3 is 9.73 Å². The number of nitrogens with zero attached hydrogens (tertiary/aromatic N) is 1. The van der Waals surface area contributed by atoms with Crippen molar-refractivity contribution in [2.24, 2.45) is 5.92 Å². The third-order valence-electron chi connectivity index (χ3n) is 2.31. The average molecular weight is 246 g/mol. The summed E-state index contributed by atoms with van der Waals surface area (Å²) < 4.78 is 41.9. The summed E-state index contributed by atoms with van der Waals surface area (Å²) in [5.41, 5.74) is 0. The zero-order valence-corrected chi connectivity index (χ0v) is 9.29. The molecule has 6 heteroatoms. The van der Waals surface area contributed by atoms with E-state index in [2.05, 4.69) is 5.32 Å². The molecule has 1 aromatic rings. The van der Waals surface area contributed by atoms with Gasteiger partial charge in [-0.25, -0.2) is 0 Å². The van der Waals surface area contributed by atoms with Gasteiger partial charge in [-0.3, -0.25) is 0 Å². The Morgan fingerprint density at radius 3 is 2.71 bits per heavy atom. The van der Waals surface area contributed by atoms with E-state index in [-0.39, 0.29) is 6.04 Å². The Morgan fingerprint density at radius 1 is 1.53 bits per heavy atom. The van der Waals surface area contributed by atoms with Crippen molar-refractivity contribution in [1.82, 2.24) is 5.32 Å². The molecule has 2 unspecified atom stereocenters. The van der Waals surface area contributed by atoms with Crippen molar-refractivity contribution >= 4 is 0 Å². The van der Waals surface area contributed by atoms with Crippen molar-refractivity contribution in [3.05, 3.63) is 24.2 Å². The van der Waals surface area contributed by atoms with Crippen molar-refractivity contribution < 1.29 is 17.6 Å². The summed E-state index contributed by atoms with van der Waals surface area (Å²) in [6.45, 7) is 1.34. The Labute approximate surface area is 97.2 Å². The van der Waals surface area contributed by atoms with E-state index in [1.54, 1.807) is 19.1 Å². The van der Waals surface area contributed by atoms with E-state index in [0.717, 1.165) is 0 Å². The number of furan rings is 1. The topological polar surface area (TPSA) is 49.0 Å². The Morgan fingerprint density at radius 2 is 2.24 bits per heavy atom. The smallest absolute Gasteiger partial charge is 0.405 e. The molecule has 1 N–H and O–H groups in total. The van der Waals surface area contributed by atoms with Gasteiger partial charge in [0.2, 0.25) is 0 Å². The Balaban J connectivity index is 2.37. The molecule has 0 aliphatic rings. The lowest BCUT2D eigenvalue weighted by molar-refractivity contribution is -0.157. The molecule has 94 valence electrons. The molecule has 0 spiro atoms. The molecule has 1 rings (SSSR count). The van der Waals surface area contributed by atoms with E-state index >= 15 is 0 Å².